The van der Waals surface area contributed by atoms with Crippen molar-refractivity contribution in [2.45, 2.75) is 44.6 Å². The summed E-state index contributed by atoms with van der Waals surface area (Å²) in [5.74, 6) is -0.628. The molecule has 1 aromatic rings. The van der Waals surface area contributed by atoms with E-state index in [0.29, 0.717) is 0 Å². The second-order valence-corrected chi connectivity index (χ2v) is 8.19. The standard InChI is InChI=1S/C17H21NO6S/c1-5-23-15(19)10-12-11-25(21,22)14-9-7-6-8-13(14)18(12)16(20)24-17(2,3)4/h6-9,11H,5,10H2,1-4H3. The van der Waals surface area contributed by atoms with Crippen molar-refractivity contribution >= 4 is 27.6 Å². The zero-order valence-corrected chi connectivity index (χ0v) is 15.4. The molecule has 25 heavy (non-hydrogen) atoms. The normalized spacial score (nSPS) is 15.8. The minimum absolute atomic E-state index is 0.00796. The lowest BCUT2D eigenvalue weighted by atomic mass is 10.2. The summed E-state index contributed by atoms with van der Waals surface area (Å²) in [6.07, 6.45) is -1.12. The molecule has 1 amide bonds. The maximum atomic E-state index is 12.7. The van der Waals surface area contributed by atoms with Crippen molar-refractivity contribution in [3.8, 4) is 0 Å². The second kappa shape index (κ2) is 6.87. The summed E-state index contributed by atoms with van der Waals surface area (Å²) in [5, 5.41) is 0.913. The number of benzene rings is 1. The average Bonchev–Trinajstić information content (AvgIpc) is 2.45. The van der Waals surface area contributed by atoms with Gasteiger partial charge in [0.05, 0.1) is 34.7 Å². The molecule has 0 saturated carbocycles. The highest BCUT2D eigenvalue weighted by atomic mass is 32.2. The Morgan fingerprint density at radius 1 is 1.16 bits per heavy atom. The van der Waals surface area contributed by atoms with Gasteiger partial charge in [-0.05, 0) is 39.8 Å². The number of esters is 1. The van der Waals surface area contributed by atoms with Crippen LogP contribution in [-0.2, 0) is 24.1 Å². The maximum absolute atomic E-state index is 12.7. The van der Waals surface area contributed by atoms with E-state index >= 15 is 0 Å². The third-order valence-electron chi connectivity index (χ3n) is 3.20. The lowest BCUT2D eigenvalue weighted by Gasteiger charge is -2.32. The van der Waals surface area contributed by atoms with Crippen LogP contribution in [0.5, 0.6) is 0 Å². The number of hydrogen-bond acceptors (Lipinski definition) is 6. The number of carbonyl (C=O) groups excluding carboxylic acids is 2. The molecule has 1 aliphatic heterocycles. The molecule has 0 atom stereocenters. The average molecular weight is 367 g/mol. The molecule has 2 rings (SSSR count). The Morgan fingerprint density at radius 2 is 1.80 bits per heavy atom. The van der Waals surface area contributed by atoms with Crippen LogP contribution in [0.15, 0.2) is 40.3 Å². The fraction of sp³-hybridized carbons (Fsp3) is 0.412. The second-order valence-electron chi connectivity index (χ2n) is 6.42. The number of hydrogen-bond donors (Lipinski definition) is 0. The molecule has 7 nitrogen and oxygen atoms in total. The van der Waals surface area contributed by atoms with Crippen LogP contribution in [0.4, 0.5) is 10.5 Å². The van der Waals surface area contributed by atoms with Crippen LogP contribution in [0, 0.1) is 0 Å². The van der Waals surface area contributed by atoms with Crippen molar-refractivity contribution in [2.24, 2.45) is 0 Å². The van der Waals surface area contributed by atoms with Gasteiger partial charge >= 0.3 is 12.1 Å². The predicted molar refractivity (Wildman–Crippen MR) is 91.7 cm³/mol. The Kier molecular flexibility index (Phi) is 5.22. The summed E-state index contributed by atoms with van der Waals surface area (Å²) in [4.78, 5) is 25.6. The Bertz CT molecular complexity index is 820. The van der Waals surface area contributed by atoms with Gasteiger partial charge in [-0.15, -0.1) is 0 Å². The van der Waals surface area contributed by atoms with Crippen molar-refractivity contribution < 1.29 is 27.5 Å². The first-order chi connectivity index (χ1) is 11.5. The van der Waals surface area contributed by atoms with Gasteiger partial charge in [0.15, 0.2) is 0 Å². The van der Waals surface area contributed by atoms with Crippen molar-refractivity contribution in [3.63, 3.8) is 0 Å². The highest BCUT2D eigenvalue weighted by Crippen LogP contribution is 2.36. The maximum Gasteiger partial charge on any atom is 0.419 e. The van der Waals surface area contributed by atoms with E-state index in [-0.39, 0.29) is 29.3 Å². The molecule has 1 heterocycles. The van der Waals surface area contributed by atoms with Gasteiger partial charge in [-0.1, -0.05) is 12.1 Å². The lowest BCUT2D eigenvalue weighted by Crippen LogP contribution is -2.39. The molecule has 0 radical (unpaired) electrons. The van der Waals surface area contributed by atoms with Gasteiger partial charge in [-0.25, -0.2) is 18.1 Å². The lowest BCUT2D eigenvalue weighted by molar-refractivity contribution is -0.142. The van der Waals surface area contributed by atoms with E-state index in [1.807, 2.05) is 0 Å². The third kappa shape index (κ3) is 4.39. The zero-order chi connectivity index (χ0) is 18.8. The molecule has 0 saturated heterocycles. The molecule has 1 aliphatic rings. The minimum Gasteiger partial charge on any atom is -0.466 e. The van der Waals surface area contributed by atoms with Gasteiger partial charge in [0.25, 0.3) is 0 Å². The molecule has 0 aromatic heterocycles. The van der Waals surface area contributed by atoms with Crippen LogP contribution in [0.1, 0.15) is 34.1 Å². The molecule has 0 bridgehead atoms. The fourth-order valence-electron chi connectivity index (χ4n) is 2.34. The number of sulfone groups is 1. The SMILES string of the molecule is CCOC(=O)CC1=CS(=O)(=O)c2ccccc2N1C(=O)OC(C)(C)C. The van der Waals surface area contributed by atoms with Crippen molar-refractivity contribution in [1.82, 2.24) is 0 Å². The summed E-state index contributed by atoms with van der Waals surface area (Å²) in [5.41, 5.74) is -0.637. The molecule has 0 spiro atoms. The van der Waals surface area contributed by atoms with Crippen LogP contribution in [-0.4, -0.2) is 32.7 Å². The monoisotopic (exact) mass is 367 g/mol. The van der Waals surface area contributed by atoms with E-state index in [0.717, 1.165) is 10.3 Å². The van der Waals surface area contributed by atoms with Crippen molar-refractivity contribution in [1.29, 1.82) is 0 Å². The van der Waals surface area contributed by atoms with Gasteiger partial charge in [0, 0.05) is 0 Å². The Balaban J connectivity index is 2.52. The quantitative estimate of drug-likeness (QED) is 0.763. The molecule has 0 aliphatic carbocycles. The van der Waals surface area contributed by atoms with Gasteiger partial charge in [0.1, 0.15) is 5.60 Å². The van der Waals surface area contributed by atoms with Crippen LogP contribution in [0.3, 0.4) is 0 Å². The first-order valence-corrected chi connectivity index (χ1v) is 9.33. The topological polar surface area (TPSA) is 90.0 Å². The van der Waals surface area contributed by atoms with Crippen LogP contribution in [0.25, 0.3) is 0 Å². The fourth-order valence-corrected chi connectivity index (χ4v) is 3.73. The number of fused-ring (bicyclic) bond motifs is 1. The molecular formula is C17H21NO6S. The van der Waals surface area contributed by atoms with Crippen LogP contribution in [0.2, 0.25) is 0 Å². The Morgan fingerprint density at radius 3 is 2.40 bits per heavy atom. The number of para-hydroxylation sites is 1. The Hall–Kier alpha value is -2.35. The Labute approximate surface area is 147 Å². The van der Waals surface area contributed by atoms with E-state index < -0.39 is 27.5 Å². The summed E-state index contributed by atoms with van der Waals surface area (Å²) in [6.45, 7) is 6.90. The third-order valence-corrected chi connectivity index (χ3v) is 4.74. The van der Waals surface area contributed by atoms with Crippen LogP contribution < -0.4 is 4.90 Å². The molecule has 136 valence electrons. The molecule has 0 N–H and O–H groups in total. The summed E-state index contributed by atoms with van der Waals surface area (Å²) < 4.78 is 35.2. The first-order valence-electron chi connectivity index (χ1n) is 7.78. The number of rotatable bonds is 3. The van der Waals surface area contributed by atoms with Gasteiger partial charge in [-0.3, -0.25) is 4.79 Å². The van der Waals surface area contributed by atoms with Crippen molar-refractivity contribution in [2.75, 3.05) is 11.5 Å². The van der Waals surface area contributed by atoms with Crippen LogP contribution >= 0.6 is 0 Å². The van der Waals surface area contributed by atoms with Gasteiger partial charge in [0.2, 0.25) is 9.84 Å². The van der Waals surface area contributed by atoms with Crippen molar-refractivity contribution in [3.05, 3.63) is 35.4 Å². The summed E-state index contributed by atoms with van der Waals surface area (Å²) >= 11 is 0. The summed E-state index contributed by atoms with van der Waals surface area (Å²) in [7, 11) is -3.78. The van der Waals surface area contributed by atoms with E-state index in [9.17, 15) is 18.0 Å². The largest absolute Gasteiger partial charge is 0.466 e. The van der Waals surface area contributed by atoms with E-state index in [4.69, 9.17) is 9.47 Å². The highest BCUT2D eigenvalue weighted by Gasteiger charge is 2.36. The van der Waals surface area contributed by atoms with Gasteiger partial charge in [-0.2, -0.15) is 0 Å². The van der Waals surface area contributed by atoms with E-state index in [1.165, 1.54) is 12.1 Å². The number of anilines is 1. The first kappa shape index (κ1) is 19.0. The smallest absolute Gasteiger partial charge is 0.419 e. The van der Waals surface area contributed by atoms with E-state index in [1.54, 1.807) is 39.8 Å². The minimum atomic E-state index is -3.78. The summed E-state index contributed by atoms with van der Waals surface area (Å²) in [6, 6.07) is 6.07. The van der Waals surface area contributed by atoms with E-state index in [2.05, 4.69) is 0 Å². The highest BCUT2D eigenvalue weighted by molar-refractivity contribution is 7.94. The number of amides is 1. The molecule has 0 fully saturated rings. The predicted octanol–water partition coefficient (Wildman–Crippen LogP) is 3.01. The molecule has 0 unspecified atom stereocenters. The van der Waals surface area contributed by atoms with Gasteiger partial charge < -0.3 is 9.47 Å². The number of ether oxygens (including phenoxy) is 2. The molecule has 1 aromatic carbocycles. The molecule has 8 heteroatoms. The zero-order valence-electron chi connectivity index (χ0n) is 14.6. The number of carbonyl (C=O) groups is 2. The molecular weight excluding hydrogens is 346 g/mol. The number of nitrogens with zero attached hydrogens (tertiary/aromatic N) is 1.